The topological polar surface area (TPSA) is 75.7 Å². The summed E-state index contributed by atoms with van der Waals surface area (Å²) in [5.41, 5.74) is 0. The van der Waals surface area contributed by atoms with E-state index in [0.29, 0.717) is 6.42 Å². The normalized spacial score (nSPS) is 17.6. The van der Waals surface area contributed by atoms with Crippen molar-refractivity contribution >= 4 is 10.4 Å². The molecule has 0 aromatic rings. The Morgan fingerprint density at radius 2 is 1.38 bits per heavy atom. The average molecular weight is 316 g/mol. The molecule has 122 valence electrons. The first-order valence-corrected chi connectivity index (χ1v) is 9.07. The van der Waals surface area contributed by atoms with Crippen molar-refractivity contribution in [3.8, 4) is 0 Å². The van der Waals surface area contributed by atoms with Gasteiger partial charge in [-0.05, 0) is 19.3 Å². The van der Waals surface area contributed by atoms with Gasteiger partial charge in [-0.2, -0.15) is 0 Å². The fourth-order valence-electron chi connectivity index (χ4n) is 1.88. The first-order valence-electron chi connectivity index (χ1n) is 7.74. The minimum atomic E-state index is -4.45. The summed E-state index contributed by atoms with van der Waals surface area (Å²) in [7, 11) is -4.45. The van der Waals surface area contributed by atoms with Crippen LogP contribution in [0.5, 0.6) is 0 Å². The van der Waals surface area contributed by atoms with E-state index < -0.39 is 10.4 Å². The molecular formula is C14H29LiO5S. The molecule has 0 N–H and O–H groups in total. The quantitative estimate of drug-likeness (QED) is 0.325. The van der Waals surface area contributed by atoms with Crippen LogP contribution >= 0.6 is 0 Å². The molecule has 1 aliphatic rings. The Bertz CT molecular complexity index is 258. The summed E-state index contributed by atoms with van der Waals surface area (Å²) in [4.78, 5) is 0. The van der Waals surface area contributed by atoms with Crippen LogP contribution in [0.1, 0.15) is 71.1 Å². The maximum atomic E-state index is 9.73. The van der Waals surface area contributed by atoms with Gasteiger partial charge < -0.3 is 9.29 Å². The second-order valence-electron chi connectivity index (χ2n) is 5.02. The molecule has 0 aromatic heterocycles. The minimum Gasteiger partial charge on any atom is -0.726 e. The smallest absolute Gasteiger partial charge is 0.726 e. The molecule has 0 amide bonds. The van der Waals surface area contributed by atoms with E-state index in [1.807, 2.05) is 6.92 Å². The van der Waals surface area contributed by atoms with Gasteiger partial charge in [-0.3, -0.25) is 4.18 Å². The predicted octanol–water partition coefficient (Wildman–Crippen LogP) is 0.405. The zero-order valence-corrected chi connectivity index (χ0v) is 14.5. The van der Waals surface area contributed by atoms with Crippen LogP contribution in [0.2, 0.25) is 0 Å². The fourth-order valence-corrected chi connectivity index (χ4v) is 2.20. The summed E-state index contributed by atoms with van der Waals surface area (Å²) in [6.45, 7) is 3.88. The Hall–Kier alpha value is 0.427. The van der Waals surface area contributed by atoms with Crippen molar-refractivity contribution in [1.29, 1.82) is 0 Å². The van der Waals surface area contributed by atoms with E-state index in [0.717, 1.165) is 19.6 Å². The number of unbranched alkanes of at least 4 members (excludes halogenated alkanes) is 1. The Labute approximate surface area is 142 Å². The van der Waals surface area contributed by atoms with E-state index in [9.17, 15) is 13.0 Å². The van der Waals surface area contributed by atoms with Crippen molar-refractivity contribution in [3.63, 3.8) is 0 Å². The Morgan fingerprint density at radius 3 is 1.76 bits per heavy atom. The molecule has 1 rings (SSSR count). The SMILES string of the molecule is C1CCCCCOCCCC1.CCCCOS(=O)(=O)[O-].[Li+]. The molecule has 0 atom stereocenters. The van der Waals surface area contributed by atoms with Crippen LogP contribution in [-0.4, -0.2) is 32.8 Å². The minimum absolute atomic E-state index is 0. The molecule has 1 saturated heterocycles. The van der Waals surface area contributed by atoms with E-state index in [4.69, 9.17) is 4.74 Å². The van der Waals surface area contributed by atoms with Crippen molar-refractivity contribution in [2.45, 2.75) is 71.1 Å². The molecule has 0 aliphatic carbocycles. The molecule has 1 fully saturated rings. The van der Waals surface area contributed by atoms with Gasteiger partial charge >= 0.3 is 18.9 Å². The van der Waals surface area contributed by atoms with Gasteiger partial charge in [-0.15, -0.1) is 0 Å². The summed E-state index contributed by atoms with van der Waals surface area (Å²) >= 11 is 0. The van der Waals surface area contributed by atoms with Crippen LogP contribution in [0, 0.1) is 0 Å². The van der Waals surface area contributed by atoms with E-state index in [1.54, 1.807) is 0 Å². The first kappa shape index (κ1) is 23.7. The Balaban J connectivity index is 0. The summed E-state index contributed by atoms with van der Waals surface area (Å²) in [5.74, 6) is 0. The standard InChI is InChI=1S/C10H20O.C4H10O4S.Li/c1-2-4-6-8-10-11-9-7-5-3-1;1-2-3-4-8-9(5,6)7;/h1-10H2;2-4H2,1H3,(H,5,6,7);/q;;+1/p-1. The summed E-state index contributed by atoms with van der Waals surface area (Å²) < 4.78 is 38.5. The largest absolute Gasteiger partial charge is 1.00 e. The molecular weight excluding hydrogens is 287 g/mol. The summed E-state index contributed by atoms with van der Waals surface area (Å²) in [6.07, 6.45) is 12.4. The summed E-state index contributed by atoms with van der Waals surface area (Å²) in [5, 5.41) is 0. The molecule has 5 nitrogen and oxygen atoms in total. The van der Waals surface area contributed by atoms with Crippen LogP contribution in [0.3, 0.4) is 0 Å². The monoisotopic (exact) mass is 316 g/mol. The van der Waals surface area contributed by atoms with Gasteiger partial charge in [0.2, 0.25) is 10.4 Å². The number of ether oxygens (including phenoxy) is 1. The maximum Gasteiger partial charge on any atom is 1.00 e. The molecule has 0 spiro atoms. The first-order chi connectivity index (χ1) is 9.56. The average Bonchev–Trinajstić information content (AvgIpc) is 2.44. The molecule has 7 heteroatoms. The molecule has 1 heterocycles. The third-order valence-electron chi connectivity index (χ3n) is 3.05. The second-order valence-corrected chi connectivity index (χ2v) is 6.08. The van der Waals surface area contributed by atoms with Crippen molar-refractivity contribution in [1.82, 2.24) is 0 Å². The zero-order valence-electron chi connectivity index (χ0n) is 13.6. The third kappa shape index (κ3) is 22.8. The third-order valence-corrected chi connectivity index (χ3v) is 3.51. The van der Waals surface area contributed by atoms with Crippen molar-refractivity contribution < 1.29 is 40.8 Å². The van der Waals surface area contributed by atoms with Crippen molar-refractivity contribution in [2.75, 3.05) is 19.8 Å². The van der Waals surface area contributed by atoms with Gasteiger partial charge in [-0.25, -0.2) is 8.42 Å². The summed E-state index contributed by atoms with van der Waals surface area (Å²) in [6, 6.07) is 0. The Kier molecular flexibility index (Phi) is 18.9. The Morgan fingerprint density at radius 1 is 0.952 bits per heavy atom. The number of hydrogen-bond donors (Lipinski definition) is 0. The van der Waals surface area contributed by atoms with E-state index >= 15 is 0 Å². The van der Waals surface area contributed by atoms with E-state index in [2.05, 4.69) is 4.18 Å². The van der Waals surface area contributed by atoms with Crippen LogP contribution in [0.25, 0.3) is 0 Å². The molecule has 0 bridgehead atoms. The van der Waals surface area contributed by atoms with Crippen molar-refractivity contribution in [2.24, 2.45) is 0 Å². The van der Waals surface area contributed by atoms with Crippen LogP contribution in [0.15, 0.2) is 0 Å². The van der Waals surface area contributed by atoms with Gasteiger partial charge in [0.25, 0.3) is 0 Å². The van der Waals surface area contributed by atoms with Crippen LogP contribution in [-0.2, 0) is 19.3 Å². The molecule has 0 saturated carbocycles. The maximum absolute atomic E-state index is 9.73. The van der Waals surface area contributed by atoms with E-state index in [-0.39, 0.29) is 25.5 Å². The van der Waals surface area contributed by atoms with Gasteiger partial charge in [0.05, 0.1) is 6.61 Å². The second kappa shape index (κ2) is 16.8. The molecule has 21 heavy (non-hydrogen) atoms. The van der Waals surface area contributed by atoms with Crippen LogP contribution in [0.4, 0.5) is 0 Å². The van der Waals surface area contributed by atoms with Crippen molar-refractivity contribution in [3.05, 3.63) is 0 Å². The van der Waals surface area contributed by atoms with E-state index in [1.165, 1.54) is 51.4 Å². The van der Waals surface area contributed by atoms with Gasteiger partial charge in [0.1, 0.15) is 0 Å². The number of hydrogen-bond acceptors (Lipinski definition) is 5. The van der Waals surface area contributed by atoms with Gasteiger partial charge in [0, 0.05) is 13.2 Å². The fraction of sp³-hybridized carbons (Fsp3) is 1.00. The van der Waals surface area contributed by atoms with Crippen LogP contribution < -0.4 is 18.9 Å². The molecule has 0 radical (unpaired) electrons. The molecule has 1 aliphatic heterocycles. The molecule has 0 aromatic carbocycles. The zero-order chi connectivity index (χ0) is 15.1. The predicted molar refractivity (Wildman–Crippen MR) is 78.3 cm³/mol. The van der Waals surface area contributed by atoms with Gasteiger partial charge in [0.15, 0.2) is 0 Å². The van der Waals surface area contributed by atoms with Gasteiger partial charge in [-0.1, -0.05) is 51.9 Å². The number of rotatable bonds is 4. The molecule has 0 unspecified atom stereocenters.